The van der Waals surface area contributed by atoms with Crippen molar-refractivity contribution in [2.75, 3.05) is 13.2 Å². The summed E-state index contributed by atoms with van der Waals surface area (Å²) in [7, 11) is 0. The number of carbonyl (C=O) groups is 2. The molecule has 5 heteroatoms. The Labute approximate surface area is 595 Å². The van der Waals surface area contributed by atoms with Gasteiger partial charge in [0.1, 0.15) is 6.61 Å². The molecular weight excluding hydrogens is 1170 g/mol. The zero-order chi connectivity index (χ0) is 69.0. The Bertz CT molecular complexity index is 2090. The van der Waals surface area contributed by atoms with Crippen molar-refractivity contribution in [2.45, 2.75) is 367 Å². The van der Waals surface area contributed by atoms with Crippen LogP contribution in [0.2, 0.25) is 0 Å². The Morgan fingerprint density at radius 1 is 0.240 bits per heavy atom. The van der Waals surface area contributed by atoms with E-state index < -0.39 is 6.10 Å². The normalized spacial score (nSPS) is 13.2. The summed E-state index contributed by atoms with van der Waals surface area (Å²) >= 11 is 0. The van der Waals surface area contributed by atoms with Gasteiger partial charge in [0.25, 0.3) is 0 Å². The van der Waals surface area contributed by atoms with Gasteiger partial charge in [-0.25, -0.2) is 0 Å². The first kappa shape index (κ1) is 91.0. The molecule has 0 aliphatic carbocycles. The molecule has 0 amide bonds. The average molecular weight is 1320 g/mol. The molecule has 5 nitrogen and oxygen atoms in total. The molecule has 1 atom stereocenters. The number of unbranched alkanes of at least 4 members (excludes halogenated alkanes) is 35. The Balaban J connectivity index is 3.49. The topological polar surface area (TPSA) is 72.8 Å². The van der Waals surface area contributed by atoms with Crippen LogP contribution in [0.4, 0.5) is 0 Å². The molecule has 96 heavy (non-hydrogen) atoms. The zero-order valence-corrected chi connectivity index (χ0v) is 62.6. The lowest BCUT2D eigenvalue weighted by Crippen LogP contribution is -2.28. The van der Waals surface area contributed by atoms with E-state index in [1.807, 2.05) is 0 Å². The van der Waals surface area contributed by atoms with Crippen LogP contribution in [0, 0.1) is 0 Å². The molecule has 0 aromatic carbocycles. The van der Waals surface area contributed by atoms with Gasteiger partial charge in [-0.2, -0.15) is 0 Å². The molecule has 0 aliphatic rings. The highest BCUT2D eigenvalue weighted by Crippen LogP contribution is 2.18. The Morgan fingerprint density at radius 3 is 0.625 bits per heavy atom. The molecule has 0 aromatic rings. The molecule has 0 saturated heterocycles. The van der Waals surface area contributed by atoms with E-state index in [2.05, 4.69) is 196 Å². The summed E-state index contributed by atoms with van der Waals surface area (Å²) in [6, 6.07) is 0. The van der Waals surface area contributed by atoms with E-state index in [1.54, 1.807) is 0 Å². The number of esters is 2. The van der Waals surface area contributed by atoms with Crippen LogP contribution in [0.3, 0.4) is 0 Å². The molecular formula is C91H150O5. The number of hydrogen-bond acceptors (Lipinski definition) is 5. The number of ether oxygens (including phenoxy) is 2. The van der Waals surface area contributed by atoms with Crippen LogP contribution in [0.1, 0.15) is 361 Å². The first-order valence-electron chi connectivity index (χ1n) is 40.3. The van der Waals surface area contributed by atoms with E-state index in [4.69, 9.17) is 9.47 Å². The van der Waals surface area contributed by atoms with Crippen molar-refractivity contribution >= 4 is 11.9 Å². The van der Waals surface area contributed by atoms with Crippen LogP contribution in [0.5, 0.6) is 0 Å². The van der Waals surface area contributed by atoms with Gasteiger partial charge in [0.2, 0.25) is 0 Å². The van der Waals surface area contributed by atoms with Gasteiger partial charge in [-0.05, 0) is 135 Å². The van der Waals surface area contributed by atoms with E-state index in [0.29, 0.717) is 12.8 Å². The Kier molecular flexibility index (Phi) is 79.8. The molecule has 0 bridgehead atoms. The van der Waals surface area contributed by atoms with Crippen LogP contribution in [0.25, 0.3) is 0 Å². The van der Waals surface area contributed by atoms with Gasteiger partial charge < -0.3 is 14.6 Å². The fourth-order valence-corrected chi connectivity index (χ4v) is 11.3. The number of aliphatic hydroxyl groups excluding tert-OH is 1. The SMILES string of the molecule is CC/C=C\C/C=C\C/C=C\C/C=C\C/C=C\C/C=C\C/C=C\C/C=C\C/C=C\C/C=C\CCCCCCCCCCCCC(=O)OC(CO)COC(=O)CCCCCCCCCCCCCCCCCCCCCCCCCCC/C=C\C/C=C\C/C=C\C/C=C\C/C=C\CC. The maximum absolute atomic E-state index is 12.4. The van der Waals surface area contributed by atoms with Crippen molar-refractivity contribution in [1.82, 2.24) is 0 Å². The van der Waals surface area contributed by atoms with Crippen molar-refractivity contribution in [2.24, 2.45) is 0 Å². The highest BCUT2D eigenvalue weighted by Gasteiger charge is 2.16. The van der Waals surface area contributed by atoms with Gasteiger partial charge in [0.15, 0.2) is 6.10 Å². The van der Waals surface area contributed by atoms with Gasteiger partial charge >= 0.3 is 11.9 Å². The summed E-state index contributed by atoms with van der Waals surface area (Å²) in [6.07, 6.45) is 131. The predicted octanol–water partition coefficient (Wildman–Crippen LogP) is 28.9. The highest BCUT2D eigenvalue weighted by molar-refractivity contribution is 5.70. The third kappa shape index (κ3) is 81.4. The average Bonchev–Trinajstić information content (AvgIpc) is 3.79. The molecule has 1 N–H and O–H groups in total. The van der Waals surface area contributed by atoms with E-state index in [9.17, 15) is 14.7 Å². The second-order valence-corrected chi connectivity index (χ2v) is 26.4. The summed E-state index contributed by atoms with van der Waals surface area (Å²) in [5.41, 5.74) is 0. The van der Waals surface area contributed by atoms with E-state index in [-0.39, 0.29) is 25.2 Å². The number of rotatable bonds is 73. The number of aliphatic hydroxyl groups is 1. The number of allylic oxidation sites excluding steroid dienone is 30. The fraction of sp³-hybridized carbons (Fsp3) is 0.648. The predicted molar refractivity (Wildman–Crippen MR) is 426 cm³/mol. The number of hydrogen-bond donors (Lipinski definition) is 1. The summed E-state index contributed by atoms with van der Waals surface area (Å²) in [5.74, 6) is -0.590. The van der Waals surface area contributed by atoms with Crippen molar-refractivity contribution in [3.05, 3.63) is 182 Å². The second-order valence-electron chi connectivity index (χ2n) is 26.4. The van der Waals surface area contributed by atoms with Crippen LogP contribution >= 0.6 is 0 Å². The maximum Gasteiger partial charge on any atom is 0.306 e. The summed E-state index contributed by atoms with van der Waals surface area (Å²) < 4.78 is 10.8. The van der Waals surface area contributed by atoms with Gasteiger partial charge in [-0.15, -0.1) is 0 Å². The third-order valence-corrected chi connectivity index (χ3v) is 17.2. The molecule has 0 aromatic heterocycles. The molecule has 1 unspecified atom stereocenters. The third-order valence-electron chi connectivity index (χ3n) is 17.2. The molecule has 0 aliphatic heterocycles. The van der Waals surface area contributed by atoms with Gasteiger partial charge in [-0.1, -0.05) is 395 Å². The molecule has 0 saturated carbocycles. The second kappa shape index (κ2) is 84.2. The molecule has 0 spiro atoms. The molecule has 544 valence electrons. The first-order chi connectivity index (χ1) is 47.6. The first-order valence-corrected chi connectivity index (χ1v) is 40.3. The van der Waals surface area contributed by atoms with Crippen LogP contribution in [-0.4, -0.2) is 36.4 Å². The minimum absolute atomic E-state index is 0.0722. The standard InChI is InChI=1S/C91H150O5/c1-3-5-7-9-11-13-15-17-19-21-23-25-27-29-31-33-35-37-39-41-43-45-47-49-51-53-55-57-59-61-63-65-67-69-71-73-75-77-79-81-83-85-90(93)95-88-89(87-92)96-91(94)86-84-82-80-78-76-74-72-70-68-66-64-62-60-58-56-54-52-50-48-46-44-42-40-38-36-34-32-30-28-26-24-22-20-18-16-14-12-10-8-6-4-2/h5-8,11-14,17-20,23-26,29-32,36,38,42,44,48,50,54,56,60,62,89,92H,3-4,9-10,15-16,21-22,27-28,33-35,37,39-41,43,45-47,49,51-53,55,57-59,61,63-88H2,1-2H3/b7-5-,8-6-,13-11-,14-12-,19-17-,20-18-,25-23-,26-24-,31-29-,32-30-,38-36-,44-42-,50-48-,56-54-,62-60-. The van der Waals surface area contributed by atoms with Crippen LogP contribution < -0.4 is 0 Å². The maximum atomic E-state index is 12.4. The van der Waals surface area contributed by atoms with Crippen molar-refractivity contribution in [3.63, 3.8) is 0 Å². The molecule has 0 radical (unpaired) electrons. The quantitative estimate of drug-likeness (QED) is 0.0373. The molecule has 0 heterocycles. The minimum atomic E-state index is -0.785. The van der Waals surface area contributed by atoms with Crippen LogP contribution in [0.15, 0.2) is 182 Å². The fourth-order valence-electron chi connectivity index (χ4n) is 11.3. The van der Waals surface area contributed by atoms with Gasteiger partial charge in [-0.3, -0.25) is 9.59 Å². The monoisotopic (exact) mass is 1320 g/mol. The van der Waals surface area contributed by atoms with E-state index >= 15 is 0 Å². The highest BCUT2D eigenvalue weighted by atomic mass is 16.6. The van der Waals surface area contributed by atoms with Crippen molar-refractivity contribution in [3.8, 4) is 0 Å². The Hall–Kier alpha value is -5.00. The molecule has 0 rings (SSSR count). The summed E-state index contributed by atoms with van der Waals surface area (Å²) in [4.78, 5) is 24.7. The Morgan fingerprint density at radius 2 is 0.417 bits per heavy atom. The van der Waals surface area contributed by atoms with E-state index in [0.717, 1.165) is 135 Å². The smallest absolute Gasteiger partial charge is 0.306 e. The lowest BCUT2D eigenvalue weighted by Gasteiger charge is -2.15. The lowest BCUT2D eigenvalue weighted by atomic mass is 10.0. The zero-order valence-electron chi connectivity index (χ0n) is 62.6. The minimum Gasteiger partial charge on any atom is -0.462 e. The van der Waals surface area contributed by atoms with E-state index in [1.165, 1.54) is 199 Å². The van der Waals surface area contributed by atoms with Crippen molar-refractivity contribution < 1.29 is 24.2 Å². The van der Waals surface area contributed by atoms with Crippen LogP contribution in [-0.2, 0) is 19.1 Å². The lowest BCUT2D eigenvalue weighted by molar-refractivity contribution is -0.161. The van der Waals surface area contributed by atoms with Crippen molar-refractivity contribution in [1.29, 1.82) is 0 Å². The summed E-state index contributed by atoms with van der Waals surface area (Å²) in [5, 5.41) is 9.73. The molecule has 0 fully saturated rings. The number of carbonyl (C=O) groups excluding carboxylic acids is 2. The largest absolute Gasteiger partial charge is 0.462 e. The summed E-state index contributed by atoms with van der Waals surface area (Å²) in [6.45, 7) is 3.93. The van der Waals surface area contributed by atoms with Gasteiger partial charge in [0, 0.05) is 12.8 Å². The van der Waals surface area contributed by atoms with Gasteiger partial charge in [0.05, 0.1) is 6.61 Å².